The molecule has 0 aromatic rings. The standard InChI is InChI=1S/C12H23N3O2S/c1-4-5-6-15(7-9(13)16)12(17)10(8(2)3)11(14)18/h8,10H,4-7H2,1-3H3,(H2,13,16)(H2,14,18). The third kappa shape index (κ3) is 5.44. The molecule has 5 nitrogen and oxygen atoms in total. The van der Waals surface area contributed by atoms with Crippen LogP contribution in [0.3, 0.4) is 0 Å². The van der Waals surface area contributed by atoms with Crippen LogP contribution in [0.25, 0.3) is 0 Å². The van der Waals surface area contributed by atoms with Gasteiger partial charge in [-0.3, -0.25) is 9.59 Å². The monoisotopic (exact) mass is 273 g/mol. The molecule has 6 heteroatoms. The van der Waals surface area contributed by atoms with Crippen molar-refractivity contribution in [3.05, 3.63) is 0 Å². The van der Waals surface area contributed by atoms with E-state index in [2.05, 4.69) is 0 Å². The Bertz CT molecular complexity index is 318. The van der Waals surface area contributed by atoms with Gasteiger partial charge in [0.05, 0.1) is 17.5 Å². The number of hydrogen-bond acceptors (Lipinski definition) is 3. The number of rotatable bonds is 8. The quantitative estimate of drug-likeness (QED) is 0.636. The molecule has 0 heterocycles. The number of primary amides is 1. The third-order valence-corrected chi connectivity index (χ3v) is 2.93. The van der Waals surface area contributed by atoms with Gasteiger partial charge in [-0.05, 0) is 12.3 Å². The first-order valence-corrected chi connectivity index (χ1v) is 6.58. The van der Waals surface area contributed by atoms with Crippen LogP contribution in [0.2, 0.25) is 0 Å². The predicted molar refractivity (Wildman–Crippen MR) is 75.8 cm³/mol. The molecule has 0 aliphatic rings. The minimum absolute atomic E-state index is 0.00648. The molecule has 0 aliphatic heterocycles. The summed E-state index contributed by atoms with van der Waals surface area (Å²) in [6, 6.07) is 0. The lowest BCUT2D eigenvalue weighted by Crippen LogP contribution is -2.47. The van der Waals surface area contributed by atoms with Gasteiger partial charge < -0.3 is 16.4 Å². The molecular weight excluding hydrogens is 250 g/mol. The lowest BCUT2D eigenvalue weighted by Gasteiger charge is -2.27. The van der Waals surface area contributed by atoms with Crippen LogP contribution in [-0.2, 0) is 9.59 Å². The van der Waals surface area contributed by atoms with E-state index in [1.165, 1.54) is 4.90 Å². The number of hydrogen-bond donors (Lipinski definition) is 2. The first-order chi connectivity index (χ1) is 8.31. The smallest absolute Gasteiger partial charge is 0.237 e. The van der Waals surface area contributed by atoms with E-state index in [9.17, 15) is 9.59 Å². The molecule has 1 unspecified atom stereocenters. The summed E-state index contributed by atoms with van der Waals surface area (Å²) in [4.78, 5) is 24.9. The van der Waals surface area contributed by atoms with Crippen LogP contribution >= 0.6 is 12.2 Å². The van der Waals surface area contributed by atoms with Crippen molar-refractivity contribution in [2.24, 2.45) is 23.3 Å². The summed E-state index contributed by atoms with van der Waals surface area (Å²) in [5, 5.41) is 0. The molecule has 0 bridgehead atoms. The zero-order chi connectivity index (χ0) is 14.3. The van der Waals surface area contributed by atoms with Crippen LogP contribution in [0.1, 0.15) is 33.6 Å². The van der Waals surface area contributed by atoms with Gasteiger partial charge in [0.1, 0.15) is 0 Å². The van der Waals surface area contributed by atoms with Gasteiger partial charge in [-0.25, -0.2) is 0 Å². The van der Waals surface area contributed by atoms with E-state index in [-0.39, 0.29) is 23.4 Å². The lowest BCUT2D eigenvalue weighted by molar-refractivity contribution is -0.137. The number of amides is 2. The fourth-order valence-electron chi connectivity index (χ4n) is 1.74. The molecule has 104 valence electrons. The fourth-order valence-corrected chi connectivity index (χ4v) is 2.11. The van der Waals surface area contributed by atoms with Gasteiger partial charge in [0.15, 0.2) is 0 Å². The van der Waals surface area contributed by atoms with Crippen molar-refractivity contribution < 1.29 is 9.59 Å². The average molecular weight is 273 g/mol. The van der Waals surface area contributed by atoms with Crippen molar-refractivity contribution in [1.29, 1.82) is 0 Å². The van der Waals surface area contributed by atoms with Crippen LogP contribution < -0.4 is 11.5 Å². The van der Waals surface area contributed by atoms with Crippen LogP contribution in [0, 0.1) is 11.8 Å². The number of carbonyl (C=O) groups excluding carboxylic acids is 2. The van der Waals surface area contributed by atoms with E-state index in [0.29, 0.717) is 6.54 Å². The Kier molecular flexibility index (Phi) is 7.50. The second kappa shape index (κ2) is 8.02. The highest BCUT2D eigenvalue weighted by molar-refractivity contribution is 7.80. The molecule has 0 aromatic carbocycles. The van der Waals surface area contributed by atoms with Gasteiger partial charge in [-0.1, -0.05) is 39.4 Å². The number of thiocarbonyl (C=S) groups is 1. The molecular formula is C12H23N3O2S. The van der Waals surface area contributed by atoms with E-state index in [4.69, 9.17) is 23.7 Å². The minimum Gasteiger partial charge on any atom is -0.393 e. The van der Waals surface area contributed by atoms with Gasteiger partial charge in [-0.2, -0.15) is 0 Å². The summed E-state index contributed by atoms with van der Waals surface area (Å²) in [5.41, 5.74) is 10.8. The minimum atomic E-state index is -0.531. The summed E-state index contributed by atoms with van der Waals surface area (Å²) in [6.07, 6.45) is 1.75. The van der Waals surface area contributed by atoms with E-state index < -0.39 is 11.8 Å². The molecule has 0 radical (unpaired) electrons. The van der Waals surface area contributed by atoms with Crippen molar-refractivity contribution in [2.45, 2.75) is 33.6 Å². The number of nitrogens with zero attached hydrogens (tertiary/aromatic N) is 1. The Balaban J connectivity index is 4.89. The van der Waals surface area contributed by atoms with E-state index in [1.54, 1.807) is 0 Å². The van der Waals surface area contributed by atoms with Crippen molar-refractivity contribution in [1.82, 2.24) is 4.90 Å². The van der Waals surface area contributed by atoms with Gasteiger partial charge in [-0.15, -0.1) is 0 Å². The van der Waals surface area contributed by atoms with E-state index in [0.717, 1.165) is 12.8 Å². The van der Waals surface area contributed by atoms with Crippen LogP contribution in [0.15, 0.2) is 0 Å². The summed E-state index contributed by atoms with van der Waals surface area (Å²) in [5.74, 6) is -1.25. The summed E-state index contributed by atoms with van der Waals surface area (Å²) >= 11 is 4.93. The maximum absolute atomic E-state index is 12.3. The maximum Gasteiger partial charge on any atom is 0.237 e. The normalized spacial score (nSPS) is 12.2. The van der Waals surface area contributed by atoms with Crippen molar-refractivity contribution >= 4 is 29.0 Å². The van der Waals surface area contributed by atoms with Gasteiger partial charge in [0.2, 0.25) is 11.8 Å². The first-order valence-electron chi connectivity index (χ1n) is 6.17. The largest absolute Gasteiger partial charge is 0.393 e. The molecule has 2 amide bonds. The number of carbonyl (C=O) groups is 2. The summed E-state index contributed by atoms with van der Waals surface area (Å²) in [6.45, 7) is 6.20. The molecule has 0 fully saturated rings. The Morgan fingerprint density at radius 1 is 1.28 bits per heavy atom. The number of unbranched alkanes of at least 4 members (excludes halogenated alkanes) is 1. The van der Waals surface area contributed by atoms with Crippen LogP contribution in [0.5, 0.6) is 0 Å². The molecule has 0 rings (SSSR count). The second-order valence-corrected chi connectivity index (χ2v) is 5.18. The van der Waals surface area contributed by atoms with Gasteiger partial charge in [0.25, 0.3) is 0 Å². The molecule has 0 saturated carbocycles. The van der Waals surface area contributed by atoms with Crippen molar-refractivity contribution in [2.75, 3.05) is 13.1 Å². The van der Waals surface area contributed by atoms with Crippen molar-refractivity contribution in [3.63, 3.8) is 0 Å². The average Bonchev–Trinajstić information content (AvgIpc) is 2.22. The topological polar surface area (TPSA) is 89.4 Å². The molecule has 1 atom stereocenters. The highest BCUT2D eigenvalue weighted by Crippen LogP contribution is 2.15. The maximum atomic E-state index is 12.3. The number of nitrogens with two attached hydrogens (primary N) is 2. The zero-order valence-electron chi connectivity index (χ0n) is 11.3. The van der Waals surface area contributed by atoms with Crippen LogP contribution in [0.4, 0.5) is 0 Å². The van der Waals surface area contributed by atoms with Gasteiger partial charge >= 0.3 is 0 Å². The van der Waals surface area contributed by atoms with E-state index in [1.807, 2.05) is 20.8 Å². The Morgan fingerprint density at radius 3 is 2.17 bits per heavy atom. The Hall–Kier alpha value is -1.17. The second-order valence-electron chi connectivity index (χ2n) is 4.70. The molecule has 0 saturated heterocycles. The SMILES string of the molecule is CCCCN(CC(N)=O)C(=O)C(C(N)=S)C(C)C. The molecule has 0 spiro atoms. The highest BCUT2D eigenvalue weighted by Gasteiger charge is 2.29. The zero-order valence-corrected chi connectivity index (χ0v) is 12.1. The Labute approximate surface area is 114 Å². The molecule has 18 heavy (non-hydrogen) atoms. The molecule has 0 aromatic heterocycles. The Morgan fingerprint density at radius 2 is 1.83 bits per heavy atom. The molecule has 0 aliphatic carbocycles. The van der Waals surface area contributed by atoms with Gasteiger partial charge in [0, 0.05) is 6.54 Å². The van der Waals surface area contributed by atoms with E-state index >= 15 is 0 Å². The van der Waals surface area contributed by atoms with Crippen LogP contribution in [-0.4, -0.2) is 34.8 Å². The fraction of sp³-hybridized carbons (Fsp3) is 0.750. The lowest BCUT2D eigenvalue weighted by atomic mass is 9.94. The molecule has 4 N–H and O–H groups in total. The predicted octanol–water partition coefficient (Wildman–Crippen LogP) is 0.659. The van der Waals surface area contributed by atoms with Crippen molar-refractivity contribution in [3.8, 4) is 0 Å². The summed E-state index contributed by atoms with van der Waals surface area (Å²) in [7, 11) is 0. The third-order valence-electron chi connectivity index (χ3n) is 2.68. The highest BCUT2D eigenvalue weighted by atomic mass is 32.1. The first kappa shape index (κ1) is 16.8. The summed E-state index contributed by atoms with van der Waals surface area (Å²) < 4.78 is 0.